The summed E-state index contributed by atoms with van der Waals surface area (Å²) in [6.07, 6.45) is 1.50. The van der Waals surface area contributed by atoms with Gasteiger partial charge in [0.05, 0.1) is 0 Å². The van der Waals surface area contributed by atoms with E-state index in [1.54, 1.807) is 0 Å². The molecule has 2 aromatic rings. The highest BCUT2D eigenvalue weighted by atomic mass is 16.5. The van der Waals surface area contributed by atoms with Crippen molar-refractivity contribution >= 4 is 23.2 Å². The van der Waals surface area contributed by atoms with Crippen molar-refractivity contribution in [2.75, 3.05) is 23.4 Å². The van der Waals surface area contributed by atoms with Gasteiger partial charge < -0.3 is 15.0 Å². The fourth-order valence-electron chi connectivity index (χ4n) is 3.09. The Kier molecular flexibility index (Phi) is 5.26. The van der Waals surface area contributed by atoms with E-state index in [1.165, 1.54) is 5.56 Å². The summed E-state index contributed by atoms with van der Waals surface area (Å²) in [4.78, 5) is 25.8. The Labute approximate surface area is 154 Å². The van der Waals surface area contributed by atoms with Gasteiger partial charge in [0.25, 0.3) is 5.91 Å². The van der Waals surface area contributed by atoms with Gasteiger partial charge >= 0.3 is 0 Å². The molecule has 5 heteroatoms. The average Bonchev–Trinajstić information content (AvgIpc) is 3.02. The number of amides is 2. The number of nitrogens with zero attached hydrogens (tertiary/aromatic N) is 1. The molecule has 2 aromatic carbocycles. The molecule has 0 aromatic heterocycles. The monoisotopic (exact) mass is 352 g/mol. The SMILES string of the molecule is Cc1ccc(OCC(=O)Nc2ccc(N3CCCC3=O)c(C)c2)cc1C. The number of ether oxygens (including phenoxy) is 1. The van der Waals surface area contributed by atoms with Gasteiger partial charge in [-0.05, 0) is 74.2 Å². The van der Waals surface area contributed by atoms with Gasteiger partial charge in [0, 0.05) is 24.3 Å². The first-order valence-corrected chi connectivity index (χ1v) is 8.85. The fourth-order valence-corrected chi connectivity index (χ4v) is 3.09. The maximum absolute atomic E-state index is 12.1. The van der Waals surface area contributed by atoms with Gasteiger partial charge in [-0.1, -0.05) is 6.07 Å². The Bertz CT molecular complexity index is 845. The van der Waals surface area contributed by atoms with E-state index in [1.807, 2.05) is 62.1 Å². The Morgan fingerprint density at radius 2 is 1.88 bits per heavy atom. The largest absolute Gasteiger partial charge is 0.484 e. The van der Waals surface area contributed by atoms with Crippen LogP contribution in [-0.2, 0) is 9.59 Å². The first-order valence-electron chi connectivity index (χ1n) is 8.85. The number of benzene rings is 2. The fraction of sp³-hybridized carbons (Fsp3) is 0.333. The van der Waals surface area contributed by atoms with Crippen LogP contribution in [0.1, 0.15) is 29.5 Å². The number of hydrogen-bond acceptors (Lipinski definition) is 3. The van der Waals surface area contributed by atoms with Crippen LogP contribution in [0.2, 0.25) is 0 Å². The van der Waals surface area contributed by atoms with E-state index < -0.39 is 0 Å². The molecule has 2 amide bonds. The molecule has 3 rings (SSSR count). The molecular formula is C21H24N2O3. The molecule has 1 fully saturated rings. The second kappa shape index (κ2) is 7.60. The third-order valence-electron chi connectivity index (χ3n) is 4.69. The number of nitrogens with one attached hydrogen (secondary N) is 1. The van der Waals surface area contributed by atoms with Crippen LogP contribution >= 0.6 is 0 Å². The van der Waals surface area contributed by atoms with Crippen molar-refractivity contribution in [3.63, 3.8) is 0 Å². The average molecular weight is 352 g/mol. The molecule has 0 spiro atoms. The molecule has 0 saturated carbocycles. The van der Waals surface area contributed by atoms with Crippen molar-refractivity contribution in [2.24, 2.45) is 0 Å². The summed E-state index contributed by atoms with van der Waals surface area (Å²) >= 11 is 0. The summed E-state index contributed by atoms with van der Waals surface area (Å²) in [6.45, 7) is 6.70. The minimum Gasteiger partial charge on any atom is -0.484 e. The van der Waals surface area contributed by atoms with Crippen LogP contribution in [-0.4, -0.2) is 25.0 Å². The summed E-state index contributed by atoms with van der Waals surface area (Å²) < 4.78 is 5.56. The molecule has 0 unspecified atom stereocenters. The number of aryl methyl sites for hydroxylation is 3. The number of carbonyl (C=O) groups excluding carboxylic acids is 2. The summed E-state index contributed by atoms with van der Waals surface area (Å²) in [5, 5.41) is 2.84. The lowest BCUT2D eigenvalue weighted by Crippen LogP contribution is -2.24. The zero-order valence-electron chi connectivity index (χ0n) is 15.5. The third-order valence-corrected chi connectivity index (χ3v) is 4.69. The lowest BCUT2D eigenvalue weighted by molar-refractivity contribution is -0.118. The van der Waals surface area contributed by atoms with E-state index in [9.17, 15) is 9.59 Å². The summed E-state index contributed by atoms with van der Waals surface area (Å²) in [7, 11) is 0. The maximum Gasteiger partial charge on any atom is 0.262 e. The summed E-state index contributed by atoms with van der Waals surface area (Å²) in [6, 6.07) is 11.4. The van der Waals surface area contributed by atoms with E-state index in [0.717, 1.165) is 29.8 Å². The number of hydrogen-bond donors (Lipinski definition) is 1. The molecule has 0 bridgehead atoms. The van der Waals surface area contributed by atoms with E-state index in [4.69, 9.17) is 4.74 Å². The highest BCUT2D eigenvalue weighted by Gasteiger charge is 2.23. The van der Waals surface area contributed by atoms with Crippen molar-refractivity contribution < 1.29 is 14.3 Å². The van der Waals surface area contributed by atoms with E-state index in [-0.39, 0.29) is 18.4 Å². The topological polar surface area (TPSA) is 58.6 Å². The van der Waals surface area contributed by atoms with Gasteiger partial charge in [0.1, 0.15) is 5.75 Å². The number of anilines is 2. The summed E-state index contributed by atoms with van der Waals surface area (Å²) in [5.74, 6) is 0.627. The van der Waals surface area contributed by atoms with Gasteiger partial charge in [0.15, 0.2) is 6.61 Å². The van der Waals surface area contributed by atoms with Gasteiger partial charge in [0.2, 0.25) is 5.91 Å². The van der Waals surface area contributed by atoms with E-state index in [0.29, 0.717) is 17.9 Å². The molecule has 136 valence electrons. The minimum atomic E-state index is -0.215. The second-order valence-corrected chi connectivity index (χ2v) is 6.73. The molecule has 0 atom stereocenters. The number of carbonyl (C=O) groups is 2. The normalized spacial score (nSPS) is 13.8. The Hall–Kier alpha value is -2.82. The van der Waals surface area contributed by atoms with Crippen LogP contribution in [0.25, 0.3) is 0 Å². The van der Waals surface area contributed by atoms with Crippen LogP contribution in [0, 0.1) is 20.8 Å². The van der Waals surface area contributed by atoms with Crippen molar-refractivity contribution in [1.82, 2.24) is 0 Å². The van der Waals surface area contributed by atoms with Crippen LogP contribution in [0.15, 0.2) is 36.4 Å². The predicted octanol–water partition coefficient (Wildman–Crippen LogP) is 3.76. The second-order valence-electron chi connectivity index (χ2n) is 6.73. The predicted molar refractivity (Wildman–Crippen MR) is 103 cm³/mol. The zero-order chi connectivity index (χ0) is 18.7. The van der Waals surface area contributed by atoms with Crippen molar-refractivity contribution in [3.05, 3.63) is 53.1 Å². The zero-order valence-corrected chi connectivity index (χ0v) is 15.5. The Morgan fingerprint density at radius 3 is 2.54 bits per heavy atom. The molecule has 0 radical (unpaired) electrons. The quantitative estimate of drug-likeness (QED) is 0.891. The molecule has 1 saturated heterocycles. The van der Waals surface area contributed by atoms with Gasteiger partial charge in [-0.2, -0.15) is 0 Å². The van der Waals surface area contributed by atoms with E-state index >= 15 is 0 Å². The minimum absolute atomic E-state index is 0.0477. The van der Waals surface area contributed by atoms with Crippen LogP contribution in [0.5, 0.6) is 5.75 Å². The lowest BCUT2D eigenvalue weighted by atomic mass is 10.1. The van der Waals surface area contributed by atoms with Crippen LogP contribution < -0.4 is 15.0 Å². The van der Waals surface area contributed by atoms with E-state index in [2.05, 4.69) is 5.32 Å². The molecule has 5 nitrogen and oxygen atoms in total. The van der Waals surface area contributed by atoms with Crippen molar-refractivity contribution in [2.45, 2.75) is 33.6 Å². The van der Waals surface area contributed by atoms with Crippen LogP contribution in [0.3, 0.4) is 0 Å². The summed E-state index contributed by atoms with van der Waals surface area (Å²) in [5.41, 5.74) is 4.90. The van der Waals surface area contributed by atoms with Crippen molar-refractivity contribution in [1.29, 1.82) is 0 Å². The lowest BCUT2D eigenvalue weighted by Gasteiger charge is -2.19. The van der Waals surface area contributed by atoms with Crippen LogP contribution in [0.4, 0.5) is 11.4 Å². The molecule has 1 aliphatic rings. The third kappa shape index (κ3) is 4.04. The Morgan fingerprint density at radius 1 is 1.08 bits per heavy atom. The molecular weight excluding hydrogens is 328 g/mol. The Balaban J connectivity index is 1.59. The molecule has 1 heterocycles. The van der Waals surface area contributed by atoms with Gasteiger partial charge in [-0.25, -0.2) is 0 Å². The molecule has 1 aliphatic heterocycles. The van der Waals surface area contributed by atoms with Gasteiger partial charge in [-0.3, -0.25) is 9.59 Å². The van der Waals surface area contributed by atoms with Gasteiger partial charge in [-0.15, -0.1) is 0 Å². The standard InChI is InChI=1S/C21H24N2O3/c1-14-6-8-18(12-15(14)2)26-13-20(24)22-17-7-9-19(16(3)11-17)23-10-4-5-21(23)25/h6-9,11-12H,4-5,10,13H2,1-3H3,(H,22,24). The molecule has 1 N–H and O–H groups in total. The molecule has 26 heavy (non-hydrogen) atoms. The molecule has 0 aliphatic carbocycles. The maximum atomic E-state index is 12.1. The highest BCUT2D eigenvalue weighted by Crippen LogP contribution is 2.27. The first kappa shape index (κ1) is 18.0. The highest BCUT2D eigenvalue weighted by molar-refractivity contribution is 5.97. The smallest absolute Gasteiger partial charge is 0.262 e. The number of rotatable bonds is 5. The first-order chi connectivity index (χ1) is 12.4. The van der Waals surface area contributed by atoms with Crippen molar-refractivity contribution in [3.8, 4) is 5.75 Å².